The third kappa shape index (κ3) is 5.10. The second kappa shape index (κ2) is 8.36. The van der Waals surface area contributed by atoms with Crippen molar-refractivity contribution in [2.75, 3.05) is 7.11 Å². The highest BCUT2D eigenvalue weighted by molar-refractivity contribution is 7.89. The molecule has 0 aliphatic rings. The zero-order chi connectivity index (χ0) is 21.9. The van der Waals surface area contributed by atoms with Crippen molar-refractivity contribution in [3.05, 3.63) is 72.3 Å². The molecular weight excluding hydrogens is 423 g/mol. The van der Waals surface area contributed by atoms with Gasteiger partial charge < -0.3 is 14.0 Å². The van der Waals surface area contributed by atoms with Gasteiger partial charge in [0, 0.05) is 19.4 Å². The molecular formula is C19H18F3N3O4S. The lowest BCUT2D eigenvalue weighted by atomic mass is 10.1. The average Bonchev–Trinajstić information content (AvgIpc) is 3.11. The molecule has 1 atom stereocenters. The molecule has 1 aromatic heterocycles. The number of imidazole rings is 1. The normalized spacial score (nSPS) is 13.1. The van der Waals surface area contributed by atoms with Crippen LogP contribution in [0.15, 0.2) is 65.8 Å². The number of sulfonamides is 1. The third-order valence-corrected chi connectivity index (χ3v) is 5.62. The Morgan fingerprint density at radius 2 is 1.80 bits per heavy atom. The van der Waals surface area contributed by atoms with Crippen LogP contribution in [-0.2, 0) is 17.1 Å². The molecule has 0 saturated carbocycles. The summed E-state index contributed by atoms with van der Waals surface area (Å²) in [6.07, 6.45) is -1.67. The molecule has 0 amide bonds. The van der Waals surface area contributed by atoms with E-state index in [-0.39, 0.29) is 4.90 Å². The Hall–Kier alpha value is -3.05. The van der Waals surface area contributed by atoms with Crippen molar-refractivity contribution >= 4 is 10.0 Å². The highest BCUT2D eigenvalue weighted by Crippen LogP contribution is 2.28. The number of hydrogen-bond acceptors (Lipinski definition) is 5. The molecule has 0 aliphatic carbocycles. The summed E-state index contributed by atoms with van der Waals surface area (Å²) in [4.78, 5) is 4.01. The SMILES string of the molecule is COc1cccc(C(NS(=O)(=O)c2ccc(OC(F)(F)F)cc2)c2nccn2C)c1. The van der Waals surface area contributed by atoms with Crippen molar-refractivity contribution in [2.24, 2.45) is 7.05 Å². The Morgan fingerprint density at radius 1 is 1.10 bits per heavy atom. The van der Waals surface area contributed by atoms with Crippen LogP contribution in [0.25, 0.3) is 0 Å². The van der Waals surface area contributed by atoms with Crippen molar-refractivity contribution < 1.29 is 31.1 Å². The maximum Gasteiger partial charge on any atom is 0.573 e. The molecule has 2 aromatic carbocycles. The van der Waals surface area contributed by atoms with Gasteiger partial charge >= 0.3 is 6.36 Å². The van der Waals surface area contributed by atoms with Crippen molar-refractivity contribution in [3.8, 4) is 11.5 Å². The monoisotopic (exact) mass is 441 g/mol. The van der Waals surface area contributed by atoms with E-state index in [2.05, 4.69) is 14.4 Å². The first-order valence-electron chi connectivity index (χ1n) is 8.58. The number of nitrogens with zero attached hydrogens (tertiary/aromatic N) is 2. The van der Waals surface area contributed by atoms with Crippen LogP contribution < -0.4 is 14.2 Å². The Kier molecular flexibility index (Phi) is 6.04. The fourth-order valence-electron chi connectivity index (χ4n) is 2.79. The molecule has 7 nitrogen and oxygen atoms in total. The molecule has 3 aromatic rings. The van der Waals surface area contributed by atoms with Gasteiger partial charge in [-0.1, -0.05) is 12.1 Å². The standard InChI is InChI=1S/C19H18F3N3O4S/c1-25-11-10-23-18(25)17(13-4-3-5-15(12-13)28-2)24-30(26,27)16-8-6-14(7-9-16)29-19(20,21)22/h3-12,17,24H,1-2H3. The summed E-state index contributed by atoms with van der Waals surface area (Å²) in [7, 11) is -0.906. The molecule has 0 fully saturated rings. The molecule has 3 rings (SSSR count). The van der Waals surface area contributed by atoms with Gasteiger partial charge in [0.05, 0.1) is 12.0 Å². The van der Waals surface area contributed by atoms with Crippen molar-refractivity contribution in [2.45, 2.75) is 17.3 Å². The van der Waals surface area contributed by atoms with Crippen LogP contribution in [-0.4, -0.2) is 31.4 Å². The van der Waals surface area contributed by atoms with E-state index in [9.17, 15) is 21.6 Å². The minimum absolute atomic E-state index is 0.223. The van der Waals surface area contributed by atoms with Crippen LogP contribution in [0.4, 0.5) is 13.2 Å². The second-order valence-electron chi connectivity index (χ2n) is 6.25. The predicted molar refractivity (Wildman–Crippen MR) is 101 cm³/mol. The van der Waals surface area contributed by atoms with Gasteiger partial charge in [0.1, 0.15) is 23.4 Å². The Labute approximate surface area is 171 Å². The van der Waals surface area contributed by atoms with Crippen LogP contribution >= 0.6 is 0 Å². The predicted octanol–water partition coefficient (Wildman–Crippen LogP) is 3.40. The smallest absolute Gasteiger partial charge is 0.497 e. The Balaban J connectivity index is 1.94. The Bertz CT molecular complexity index is 1110. The molecule has 11 heteroatoms. The molecule has 0 saturated heterocycles. The van der Waals surface area contributed by atoms with E-state index in [1.165, 1.54) is 13.3 Å². The van der Waals surface area contributed by atoms with Crippen LogP contribution in [0.3, 0.4) is 0 Å². The summed E-state index contributed by atoms with van der Waals surface area (Å²) >= 11 is 0. The number of aryl methyl sites for hydroxylation is 1. The molecule has 0 spiro atoms. The highest BCUT2D eigenvalue weighted by Gasteiger charge is 2.31. The van der Waals surface area contributed by atoms with Gasteiger partial charge in [-0.2, -0.15) is 4.72 Å². The van der Waals surface area contributed by atoms with Crippen LogP contribution in [0.5, 0.6) is 11.5 Å². The lowest BCUT2D eigenvalue weighted by Crippen LogP contribution is -2.31. The summed E-state index contributed by atoms with van der Waals surface area (Å²) < 4.78 is 76.0. The molecule has 0 aliphatic heterocycles. The number of hydrogen-bond donors (Lipinski definition) is 1. The number of ether oxygens (including phenoxy) is 2. The van der Waals surface area contributed by atoms with Gasteiger partial charge in [-0.15, -0.1) is 13.2 Å². The zero-order valence-corrected chi connectivity index (χ0v) is 16.7. The highest BCUT2D eigenvalue weighted by atomic mass is 32.2. The average molecular weight is 441 g/mol. The minimum atomic E-state index is -4.87. The fourth-order valence-corrected chi connectivity index (χ4v) is 3.97. The number of benzene rings is 2. The van der Waals surface area contributed by atoms with Crippen LogP contribution in [0.2, 0.25) is 0 Å². The van der Waals surface area contributed by atoms with Crippen LogP contribution in [0, 0.1) is 0 Å². The second-order valence-corrected chi connectivity index (χ2v) is 7.96. The summed E-state index contributed by atoms with van der Waals surface area (Å²) in [5.74, 6) is 0.429. The molecule has 0 radical (unpaired) electrons. The van der Waals surface area contributed by atoms with E-state index in [1.807, 2.05) is 0 Å². The van der Waals surface area contributed by atoms with E-state index < -0.39 is 28.2 Å². The topological polar surface area (TPSA) is 82.4 Å². The quantitative estimate of drug-likeness (QED) is 0.608. The number of rotatable bonds is 7. The van der Waals surface area contributed by atoms with Gasteiger partial charge in [-0.3, -0.25) is 0 Å². The minimum Gasteiger partial charge on any atom is -0.497 e. The molecule has 0 bridgehead atoms. The maximum atomic E-state index is 12.9. The number of alkyl halides is 3. The van der Waals surface area contributed by atoms with Gasteiger partial charge in [0.15, 0.2) is 0 Å². The van der Waals surface area contributed by atoms with E-state index in [0.717, 1.165) is 24.3 Å². The summed E-state index contributed by atoms with van der Waals surface area (Å²) in [5, 5.41) is 0. The number of halogens is 3. The fraction of sp³-hybridized carbons (Fsp3) is 0.211. The first-order chi connectivity index (χ1) is 14.1. The van der Waals surface area contributed by atoms with Gasteiger partial charge in [0.2, 0.25) is 10.0 Å². The lowest BCUT2D eigenvalue weighted by molar-refractivity contribution is -0.274. The summed E-state index contributed by atoms with van der Waals surface area (Å²) in [5.41, 5.74) is 0.573. The van der Waals surface area contributed by atoms with Crippen molar-refractivity contribution in [1.29, 1.82) is 0 Å². The third-order valence-electron chi connectivity index (χ3n) is 4.18. The molecule has 1 heterocycles. The van der Waals surface area contributed by atoms with Crippen molar-refractivity contribution in [3.63, 3.8) is 0 Å². The van der Waals surface area contributed by atoms with Gasteiger partial charge in [0.25, 0.3) is 0 Å². The summed E-state index contributed by atoms with van der Waals surface area (Å²) in [6.45, 7) is 0. The van der Waals surface area contributed by atoms with Gasteiger partial charge in [-0.25, -0.2) is 13.4 Å². The lowest BCUT2D eigenvalue weighted by Gasteiger charge is -2.20. The summed E-state index contributed by atoms with van der Waals surface area (Å²) in [6, 6.07) is 9.87. The largest absolute Gasteiger partial charge is 0.573 e. The molecule has 1 N–H and O–H groups in total. The van der Waals surface area contributed by atoms with Gasteiger partial charge in [-0.05, 0) is 42.0 Å². The zero-order valence-electron chi connectivity index (χ0n) is 15.9. The molecule has 30 heavy (non-hydrogen) atoms. The number of methoxy groups -OCH3 is 1. The van der Waals surface area contributed by atoms with E-state index in [1.54, 1.807) is 42.1 Å². The molecule has 1 unspecified atom stereocenters. The van der Waals surface area contributed by atoms with E-state index in [0.29, 0.717) is 17.1 Å². The first kappa shape index (κ1) is 21.7. The van der Waals surface area contributed by atoms with Crippen molar-refractivity contribution in [1.82, 2.24) is 14.3 Å². The Morgan fingerprint density at radius 3 is 2.37 bits per heavy atom. The first-order valence-corrected chi connectivity index (χ1v) is 10.1. The maximum absolute atomic E-state index is 12.9. The van der Waals surface area contributed by atoms with E-state index >= 15 is 0 Å². The number of aromatic nitrogens is 2. The number of nitrogens with one attached hydrogen (secondary N) is 1. The molecule has 160 valence electrons. The van der Waals surface area contributed by atoms with E-state index in [4.69, 9.17) is 4.74 Å². The van der Waals surface area contributed by atoms with Crippen LogP contribution in [0.1, 0.15) is 17.4 Å².